The highest BCUT2D eigenvalue weighted by Crippen LogP contribution is 2.25. The molecule has 0 fully saturated rings. The number of hydrogen-bond acceptors (Lipinski definition) is 4. The van der Waals surface area contributed by atoms with E-state index >= 15 is 0 Å². The van der Waals surface area contributed by atoms with Crippen LogP contribution in [0.25, 0.3) is 10.9 Å². The summed E-state index contributed by atoms with van der Waals surface area (Å²) in [5.41, 5.74) is 10.2. The molecule has 21 heavy (non-hydrogen) atoms. The van der Waals surface area contributed by atoms with Gasteiger partial charge in [-0.15, -0.1) is 0 Å². The number of hydrogen-bond donors (Lipinski definition) is 1. The molecule has 3 rings (SSSR count). The van der Waals surface area contributed by atoms with Crippen LogP contribution in [0.2, 0.25) is 5.15 Å². The second-order valence-corrected chi connectivity index (χ2v) is 5.11. The Labute approximate surface area is 127 Å². The van der Waals surface area contributed by atoms with E-state index in [1.54, 1.807) is 12.3 Å². The second kappa shape index (κ2) is 5.97. The normalized spacial score (nSPS) is 12.2. The lowest BCUT2D eigenvalue weighted by Gasteiger charge is -2.12. The highest BCUT2D eigenvalue weighted by molar-refractivity contribution is 6.29. The topological polar surface area (TPSA) is 62.0 Å². The molecule has 5 heteroatoms. The summed E-state index contributed by atoms with van der Waals surface area (Å²) < 4.78 is 0. The lowest BCUT2D eigenvalue weighted by molar-refractivity contribution is 0.645. The van der Waals surface area contributed by atoms with Gasteiger partial charge in [0, 0.05) is 18.0 Å². The van der Waals surface area contributed by atoms with Gasteiger partial charge in [0.05, 0.1) is 11.2 Å². The van der Waals surface area contributed by atoms with Gasteiger partial charge in [-0.3, -0.25) is 4.98 Å². The van der Waals surface area contributed by atoms with Crippen LogP contribution in [-0.4, -0.2) is 9.97 Å². The van der Waals surface area contributed by atoms with Gasteiger partial charge in [0.15, 0.2) is 0 Å². The second-order valence-electron chi connectivity index (χ2n) is 4.72. The lowest BCUT2D eigenvalue weighted by Crippen LogP contribution is -2.03. The molecule has 3 aromatic rings. The van der Waals surface area contributed by atoms with Crippen LogP contribution in [0.4, 0.5) is 0 Å². The number of nitrogens with one attached hydrogen (secondary N) is 1. The van der Waals surface area contributed by atoms with Gasteiger partial charge in [0.2, 0.25) is 0 Å². The molecule has 0 saturated carbocycles. The minimum atomic E-state index is -0.338. The molecule has 0 aliphatic heterocycles. The molecule has 4 nitrogen and oxygen atoms in total. The molecule has 0 radical (unpaired) electrons. The molecule has 1 N–H and O–H groups in total. The molecule has 0 aliphatic carbocycles. The fourth-order valence-electron chi connectivity index (χ4n) is 2.37. The number of para-hydroxylation sites is 1. The summed E-state index contributed by atoms with van der Waals surface area (Å²) in [6, 6.07) is 15.0. The van der Waals surface area contributed by atoms with Crippen molar-refractivity contribution in [3.8, 4) is 0 Å². The predicted molar refractivity (Wildman–Crippen MR) is 82.6 cm³/mol. The van der Waals surface area contributed by atoms with E-state index < -0.39 is 0 Å². The molecule has 0 aliphatic rings. The van der Waals surface area contributed by atoms with Gasteiger partial charge in [-0.2, -0.15) is 5.11 Å². The Morgan fingerprint density at radius 2 is 1.95 bits per heavy atom. The highest BCUT2D eigenvalue weighted by Gasteiger charge is 2.14. The first kappa shape index (κ1) is 13.6. The standard InChI is InChI=1S/C16H13ClN4/c17-16-7-3-6-14(20-16)15(21-18)10-11-8-9-19-13-5-2-1-4-12(11)13/h1-9,15,18H,10H2. The molecule has 0 spiro atoms. The van der Waals surface area contributed by atoms with E-state index in [1.165, 1.54) is 0 Å². The fraction of sp³-hybridized carbons (Fsp3) is 0.125. The van der Waals surface area contributed by atoms with E-state index in [0.29, 0.717) is 17.3 Å². The molecule has 1 unspecified atom stereocenters. The summed E-state index contributed by atoms with van der Waals surface area (Å²) >= 11 is 5.92. The van der Waals surface area contributed by atoms with E-state index in [1.807, 2.05) is 42.5 Å². The molecule has 1 aromatic carbocycles. The van der Waals surface area contributed by atoms with Crippen molar-refractivity contribution in [2.45, 2.75) is 12.5 Å². The zero-order valence-electron chi connectivity index (χ0n) is 11.2. The van der Waals surface area contributed by atoms with Crippen molar-refractivity contribution in [3.05, 3.63) is 71.1 Å². The molecule has 0 amide bonds. The van der Waals surface area contributed by atoms with Gasteiger partial charge in [0.25, 0.3) is 0 Å². The highest BCUT2D eigenvalue weighted by atomic mass is 35.5. The molecular formula is C16H13ClN4. The number of rotatable bonds is 4. The smallest absolute Gasteiger partial charge is 0.129 e. The third kappa shape index (κ3) is 2.90. The van der Waals surface area contributed by atoms with E-state index in [4.69, 9.17) is 17.1 Å². The molecule has 0 bridgehead atoms. The summed E-state index contributed by atoms with van der Waals surface area (Å²) in [4.78, 5) is 8.60. The van der Waals surface area contributed by atoms with Crippen molar-refractivity contribution in [3.63, 3.8) is 0 Å². The monoisotopic (exact) mass is 296 g/mol. The average molecular weight is 297 g/mol. The summed E-state index contributed by atoms with van der Waals surface area (Å²) in [6.45, 7) is 0. The summed E-state index contributed by atoms with van der Waals surface area (Å²) in [6.07, 6.45) is 2.38. The molecule has 0 saturated heterocycles. The maximum atomic E-state index is 7.45. The number of benzene rings is 1. The van der Waals surface area contributed by atoms with Crippen LogP contribution in [0.15, 0.2) is 59.8 Å². The van der Waals surface area contributed by atoms with Gasteiger partial charge in [-0.25, -0.2) is 10.5 Å². The molecule has 104 valence electrons. The zero-order chi connectivity index (χ0) is 14.7. The van der Waals surface area contributed by atoms with Gasteiger partial charge < -0.3 is 0 Å². The van der Waals surface area contributed by atoms with Crippen LogP contribution in [0, 0.1) is 5.53 Å². The number of nitrogens with zero attached hydrogens (tertiary/aromatic N) is 3. The number of fused-ring (bicyclic) bond motifs is 1. The van der Waals surface area contributed by atoms with Crippen molar-refractivity contribution in [1.82, 2.24) is 9.97 Å². The SMILES string of the molecule is N=NC(Cc1ccnc2ccccc12)c1cccc(Cl)n1. The Morgan fingerprint density at radius 1 is 1.10 bits per heavy atom. The van der Waals surface area contributed by atoms with Crippen molar-refractivity contribution >= 4 is 22.5 Å². The fourth-order valence-corrected chi connectivity index (χ4v) is 2.54. The van der Waals surface area contributed by atoms with Crippen LogP contribution < -0.4 is 0 Å². The first-order chi connectivity index (χ1) is 10.3. The van der Waals surface area contributed by atoms with Crippen molar-refractivity contribution in [2.75, 3.05) is 0 Å². The Kier molecular flexibility index (Phi) is 3.88. The Morgan fingerprint density at radius 3 is 2.76 bits per heavy atom. The van der Waals surface area contributed by atoms with Gasteiger partial charge in [-0.05, 0) is 29.8 Å². The van der Waals surface area contributed by atoms with Crippen molar-refractivity contribution in [2.24, 2.45) is 5.11 Å². The number of aromatic nitrogens is 2. The maximum Gasteiger partial charge on any atom is 0.129 e. The van der Waals surface area contributed by atoms with Gasteiger partial charge >= 0.3 is 0 Å². The molecule has 2 heterocycles. The Balaban J connectivity index is 1.98. The molecule has 1 atom stereocenters. The van der Waals surface area contributed by atoms with Crippen LogP contribution in [0.5, 0.6) is 0 Å². The number of pyridine rings is 2. The van der Waals surface area contributed by atoms with Crippen LogP contribution in [0.1, 0.15) is 17.3 Å². The average Bonchev–Trinajstić information content (AvgIpc) is 2.52. The third-order valence-electron chi connectivity index (χ3n) is 3.39. The first-order valence-corrected chi connectivity index (χ1v) is 6.97. The Bertz CT molecular complexity index is 783. The quantitative estimate of drug-likeness (QED) is 0.565. The van der Waals surface area contributed by atoms with E-state index in [0.717, 1.165) is 16.5 Å². The van der Waals surface area contributed by atoms with E-state index in [9.17, 15) is 0 Å². The van der Waals surface area contributed by atoms with E-state index in [-0.39, 0.29) is 6.04 Å². The minimum absolute atomic E-state index is 0.338. The van der Waals surface area contributed by atoms with Gasteiger partial charge in [0.1, 0.15) is 11.2 Å². The lowest BCUT2D eigenvalue weighted by atomic mass is 10.00. The zero-order valence-corrected chi connectivity index (χ0v) is 12.0. The largest absolute Gasteiger partial charge is 0.256 e. The van der Waals surface area contributed by atoms with Crippen LogP contribution in [0.3, 0.4) is 0 Å². The molecular weight excluding hydrogens is 284 g/mol. The minimum Gasteiger partial charge on any atom is -0.256 e. The third-order valence-corrected chi connectivity index (χ3v) is 3.60. The van der Waals surface area contributed by atoms with Crippen molar-refractivity contribution in [1.29, 1.82) is 5.53 Å². The van der Waals surface area contributed by atoms with Crippen LogP contribution >= 0.6 is 11.6 Å². The first-order valence-electron chi connectivity index (χ1n) is 6.59. The van der Waals surface area contributed by atoms with Gasteiger partial charge in [-0.1, -0.05) is 35.9 Å². The van der Waals surface area contributed by atoms with Crippen LogP contribution in [-0.2, 0) is 6.42 Å². The van der Waals surface area contributed by atoms with E-state index in [2.05, 4.69) is 15.1 Å². The summed E-state index contributed by atoms with van der Waals surface area (Å²) in [5, 5.41) is 5.21. The maximum absolute atomic E-state index is 7.45. The molecule has 2 aromatic heterocycles. The van der Waals surface area contributed by atoms with Crippen molar-refractivity contribution < 1.29 is 0 Å². The predicted octanol–water partition coefficient (Wildman–Crippen LogP) is 4.60. The Hall–Kier alpha value is -2.33. The summed E-state index contributed by atoms with van der Waals surface area (Å²) in [5.74, 6) is 0. The number of halogens is 1. The summed E-state index contributed by atoms with van der Waals surface area (Å²) in [7, 11) is 0.